The number of carbonyl (C=O) groups is 2. The number of carbonyl (C=O) groups excluding carboxylic acids is 2. The maximum absolute atomic E-state index is 12.6. The van der Waals surface area contributed by atoms with Crippen molar-refractivity contribution in [2.45, 2.75) is 13.0 Å². The molecule has 9 nitrogen and oxygen atoms in total. The predicted octanol–water partition coefficient (Wildman–Crippen LogP) is 4.02. The minimum absolute atomic E-state index is 0.0641. The van der Waals surface area contributed by atoms with Gasteiger partial charge in [0.25, 0.3) is 5.91 Å². The van der Waals surface area contributed by atoms with Crippen molar-refractivity contribution in [3.8, 4) is 28.9 Å². The SMILES string of the molecule is C[C@@H](NC(=O)c1ccco1)C(=O)Nc1oc(-c2ccco2)c(-c2ccco2)c1C#N. The van der Waals surface area contributed by atoms with Crippen LogP contribution in [-0.4, -0.2) is 17.9 Å². The molecule has 30 heavy (non-hydrogen) atoms. The second-order valence-electron chi connectivity index (χ2n) is 6.24. The van der Waals surface area contributed by atoms with Gasteiger partial charge in [0.2, 0.25) is 11.8 Å². The lowest BCUT2D eigenvalue weighted by atomic mass is 10.1. The second-order valence-corrected chi connectivity index (χ2v) is 6.24. The lowest BCUT2D eigenvalue weighted by Gasteiger charge is -2.12. The highest BCUT2D eigenvalue weighted by Gasteiger charge is 2.28. The summed E-state index contributed by atoms with van der Waals surface area (Å²) in [5, 5.41) is 14.8. The number of hydrogen-bond donors (Lipinski definition) is 2. The number of hydrogen-bond acceptors (Lipinski definition) is 7. The molecule has 150 valence electrons. The van der Waals surface area contributed by atoms with Crippen LogP contribution in [0.3, 0.4) is 0 Å². The molecule has 4 heterocycles. The second kappa shape index (κ2) is 7.89. The summed E-state index contributed by atoms with van der Waals surface area (Å²) in [5.41, 5.74) is 0.411. The van der Waals surface area contributed by atoms with E-state index < -0.39 is 17.9 Å². The molecule has 4 rings (SSSR count). The number of nitrogens with one attached hydrogen (secondary N) is 2. The zero-order valence-corrected chi connectivity index (χ0v) is 15.7. The average Bonchev–Trinajstić information content (AvgIpc) is 3.54. The minimum atomic E-state index is -0.932. The molecule has 0 aliphatic rings. The van der Waals surface area contributed by atoms with E-state index in [9.17, 15) is 14.9 Å². The maximum atomic E-state index is 12.6. The first-order valence-corrected chi connectivity index (χ1v) is 8.88. The zero-order chi connectivity index (χ0) is 21.1. The Kier molecular flexibility index (Phi) is 4.97. The summed E-state index contributed by atoms with van der Waals surface area (Å²) < 4.78 is 21.6. The predicted molar refractivity (Wildman–Crippen MR) is 103 cm³/mol. The van der Waals surface area contributed by atoms with Crippen molar-refractivity contribution in [1.82, 2.24) is 5.32 Å². The van der Waals surface area contributed by atoms with Crippen LogP contribution in [-0.2, 0) is 4.79 Å². The standard InChI is InChI=1S/C21H15N3O6/c1-12(23-20(26)16-7-4-10-29-16)19(25)24-21-13(11-22)17(14-5-2-8-27-14)18(30-21)15-6-3-9-28-15/h2-10,12H,1H3,(H,23,26)(H,24,25)/t12-/m1/s1. The lowest BCUT2D eigenvalue weighted by molar-refractivity contribution is -0.117. The van der Waals surface area contributed by atoms with Crippen LogP contribution < -0.4 is 10.6 Å². The molecule has 0 spiro atoms. The summed E-state index contributed by atoms with van der Waals surface area (Å²) in [6.07, 6.45) is 4.27. The van der Waals surface area contributed by atoms with E-state index in [1.54, 1.807) is 30.3 Å². The minimum Gasteiger partial charge on any atom is -0.464 e. The largest absolute Gasteiger partial charge is 0.464 e. The molecule has 1 atom stereocenters. The van der Waals surface area contributed by atoms with Gasteiger partial charge in [-0.05, 0) is 43.3 Å². The lowest BCUT2D eigenvalue weighted by Crippen LogP contribution is -2.41. The van der Waals surface area contributed by atoms with Crippen molar-refractivity contribution in [1.29, 1.82) is 5.26 Å². The fourth-order valence-corrected chi connectivity index (χ4v) is 2.82. The fourth-order valence-electron chi connectivity index (χ4n) is 2.82. The van der Waals surface area contributed by atoms with E-state index >= 15 is 0 Å². The van der Waals surface area contributed by atoms with Crippen LogP contribution in [0.4, 0.5) is 5.88 Å². The average molecular weight is 405 g/mol. The van der Waals surface area contributed by atoms with Gasteiger partial charge < -0.3 is 23.0 Å². The molecule has 2 N–H and O–H groups in total. The highest BCUT2D eigenvalue weighted by molar-refractivity contribution is 6.01. The third-order valence-corrected chi connectivity index (χ3v) is 4.26. The Morgan fingerprint density at radius 2 is 1.67 bits per heavy atom. The third-order valence-electron chi connectivity index (χ3n) is 4.26. The highest BCUT2D eigenvalue weighted by Crippen LogP contribution is 2.41. The van der Waals surface area contributed by atoms with Gasteiger partial charge in [0, 0.05) is 0 Å². The van der Waals surface area contributed by atoms with Crippen molar-refractivity contribution in [2.24, 2.45) is 0 Å². The van der Waals surface area contributed by atoms with Crippen LogP contribution in [0.15, 0.2) is 72.9 Å². The molecular formula is C21H15N3O6. The Bertz CT molecular complexity index is 1190. The number of rotatable bonds is 6. The van der Waals surface area contributed by atoms with Gasteiger partial charge in [0.05, 0.1) is 24.4 Å². The molecule has 4 aromatic heterocycles. The Hall–Kier alpha value is -4.45. The Balaban J connectivity index is 1.63. The van der Waals surface area contributed by atoms with E-state index in [4.69, 9.17) is 17.7 Å². The van der Waals surface area contributed by atoms with Gasteiger partial charge in [-0.25, -0.2) is 0 Å². The molecule has 9 heteroatoms. The van der Waals surface area contributed by atoms with Gasteiger partial charge in [-0.2, -0.15) is 5.26 Å². The molecule has 2 amide bonds. The molecule has 0 aliphatic heterocycles. The summed E-state index contributed by atoms with van der Waals surface area (Å²) >= 11 is 0. The van der Waals surface area contributed by atoms with E-state index in [2.05, 4.69) is 10.6 Å². The van der Waals surface area contributed by atoms with E-state index in [1.807, 2.05) is 6.07 Å². The molecule has 4 aromatic rings. The van der Waals surface area contributed by atoms with Crippen molar-refractivity contribution >= 4 is 17.7 Å². The summed E-state index contributed by atoms with van der Waals surface area (Å²) in [4.78, 5) is 24.7. The van der Waals surface area contributed by atoms with Gasteiger partial charge in [-0.15, -0.1) is 0 Å². The quantitative estimate of drug-likeness (QED) is 0.494. The first kappa shape index (κ1) is 18.9. The fraction of sp³-hybridized carbons (Fsp3) is 0.0952. The van der Waals surface area contributed by atoms with Crippen molar-refractivity contribution in [2.75, 3.05) is 5.32 Å². The van der Waals surface area contributed by atoms with Crippen LogP contribution in [0.5, 0.6) is 0 Å². The van der Waals surface area contributed by atoms with E-state index in [-0.39, 0.29) is 23.0 Å². The molecule has 0 saturated heterocycles. The van der Waals surface area contributed by atoms with Gasteiger partial charge in [0.15, 0.2) is 17.3 Å². The summed E-state index contributed by atoms with van der Waals surface area (Å²) in [7, 11) is 0. The topological polar surface area (TPSA) is 135 Å². The van der Waals surface area contributed by atoms with Gasteiger partial charge >= 0.3 is 0 Å². The number of nitrogens with zero attached hydrogens (tertiary/aromatic N) is 1. The van der Waals surface area contributed by atoms with Gasteiger partial charge in [-0.1, -0.05) is 0 Å². The summed E-state index contributed by atoms with van der Waals surface area (Å²) in [5.74, 6) is -0.176. The Labute approximate surface area is 169 Å². The Morgan fingerprint density at radius 3 is 2.27 bits per heavy atom. The first-order chi connectivity index (χ1) is 14.6. The van der Waals surface area contributed by atoms with Crippen LogP contribution in [0.1, 0.15) is 23.0 Å². The molecule has 0 saturated carbocycles. The van der Waals surface area contributed by atoms with E-state index in [1.165, 1.54) is 31.8 Å². The molecule has 0 aliphatic carbocycles. The molecule has 0 unspecified atom stereocenters. The molecule has 0 radical (unpaired) electrons. The van der Waals surface area contributed by atoms with Crippen LogP contribution >= 0.6 is 0 Å². The summed E-state index contributed by atoms with van der Waals surface area (Å²) in [6.45, 7) is 1.49. The van der Waals surface area contributed by atoms with Crippen molar-refractivity contribution < 1.29 is 27.3 Å². The van der Waals surface area contributed by atoms with E-state index in [0.717, 1.165) is 0 Å². The van der Waals surface area contributed by atoms with Gasteiger partial charge in [0.1, 0.15) is 23.4 Å². The number of furan rings is 4. The Morgan fingerprint density at radius 1 is 1.00 bits per heavy atom. The molecule has 0 fully saturated rings. The van der Waals surface area contributed by atoms with Crippen LogP contribution in [0, 0.1) is 11.3 Å². The molecule has 0 aromatic carbocycles. The highest BCUT2D eigenvalue weighted by atomic mass is 16.4. The van der Waals surface area contributed by atoms with Crippen LogP contribution in [0.2, 0.25) is 0 Å². The summed E-state index contributed by atoms with van der Waals surface area (Å²) in [6, 6.07) is 10.8. The maximum Gasteiger partial charge on any atom is 0.287 e. The van der Waals surface area contributed by atoms with Crippen molar-refractivity contribution in [3.05, 3.63) is 66.5 Å². The number of amides is 2. The van der Waals surface area contributed by atoms with Crippen LogP contribution in [0.25, 0.3) is 22.8 Å². The normalized spacial score (nSPS) is 11.6. The van der Waals surface area contributed by atoms with Gasteiger partial charge in [-0.3, -0.25) is 14.9 Å². The smallest absolute Gasteiger partial charge is 0.287 e. The number of anilines is 1. The molecular weight excluding hydrogens is 390 g/mol. The molecule has 0 bridgehead atoms. The monoisotopic (exact) mass is 405 g/mol. The third kappa shape index (κ3) is 3.49. The number of nitriles is 1. The first-order valence-electron chi connectivity index (χ1n) is 8.88. The zero-order valence-electron chi connectivity index (χ0n) is 15.7. The van der Waals surface area contributed by atoms with E-state index in [0.29, 0.717) is 17.1 Å². The van der Waals surface area contributed by atoms with Crippen molar-refractivity contribution in [3.63, 3.8) is 0 Å².